The predicted molar refractivity (Wildman–Crippen MR) is 256 cm³/mol. The van der Waals surface area contributed by atoms with Crippen molar-refractivity contribution in [3.05, 3.63) is 234 Å². The Hall–Kier alpha value is -7.20. The van der Waals surface area contributed by atoms with E-state index in [1.165, 1.54) is 81.5 Å². The molecule has 9 aromatic carbocycles. The molecule has 2 aliphatic carbocycles. The molecule has 0 unspecified atom stereocenters. The minimum absolute atomic E-state index is 0.226. The molecule has 0 atom stereocenters. The summed E-state index contributed by atoms with van der Waals surface area (Å²) in [7, 11) is 0. The highest BCUT2D eigenvalue weighted by molar-refractivity contribution is 7.26. The molecule has 2 aromatic heterocycles. The molecule has 288 valence electrons. The van der Waals surface area contributed by atoms with Gasteiger partial charge in [0.2, 0.25) is 0 Å². The monoisotopic (exact) mass is 797 g/mol. The van der Waals surface area contributed by atoms with Crippen LogP contribution in [0.2, 0.25) is 0 Å². The van der Waals surface area contributed by atoms with Crippen LogP contribution in [-0.2, 0) is 10.8 Å². The smallest absolute Gasteiger partial charge is 0.135 e. The first-order valence-corrected chi connectivity index (χ1v) is 22.0. The minimum atomic E-state index is -0.491. The van der Waals surface area contributed by atoms with Crippen molar-refractivity contribution in [3.8, 4) is 22.3 Å². The summed E-state index contributed by atoms with van der Waals surface area (Å²) in [6.07, 6.45) is 0. The van der Waals surface area contributed by atoms with Gasteiger partial charge in [0.05, 0.1) is 16.8 Å². The molecule has 0 N–H and O–H groups in total. The van der Waals surface area contributed by atoms with Crippen molar-refractivity contribution >= 4 is 70.5 Å². The highest BCUT2D eigenvalue weighted by atomic mass is 32.1. The van der Waals surface area contributed by atoms with Gasteiger partial charge in [0.15, 0.2) is 0 Å². The second-order valence-corrected chi connectivity index (χ2v) is 18.2. The summed E-state index contributed by atoms with van der Waals surface area (Å²) in [5.74, 6) is 0. The first-order valence-electron chi connectivity index (χ1n) is 21.2. The Kier molecular flexibility index (Phi) is 7.19. The van der Waals surface area contributed by atoms with E-state index in [0.717, 1.165) is 33.3 Å². The lowest BCUT2D eigenvalue weighted by molar-refractivity contribution is 0.660. The second kappa shape index (κ2) is 12.7. The lowest BCUT2D eigenvalue weighted by Crippen LogP contribution is -2.28. The zero-order chi connectivity index (χ0) is 40.5. The van der Waals surface area contributed by atoms with E-state index in [-0.39, 0.29) is 5.41 Å². The van der Waals surface area contributed by atoms with Crippen LogP contribution in [0, 0.1) is 0 Å². The fourth-order valence-electron chi connectivity index (χ4n) is 11.2. The van der Waals surface area contributed by atoms with Crippen LogP contribution >= 0.6 is 11.3 Å². The topological polar surface area (TPSA) is 16.4 Å². The lowest BCUT2D eigenvalue weighted by Gasteiger charge is -2.34. The van der Waals surface area contributed by atoms with Gasteiger partial charge in [-0.05, 0) is 110 Å². The van der Waals surface area contributed by atoms with Gasteiger partial charge in [-0.1, -0.05) is 159 Å². The lowest BCUT2D eigenvalue weighted by atomic mass is 9.67. The number of para-hydroxylation sites is 1. The first-order chi connectivity index (χ1) is 30.0. The summed E-state index contributed by atoms with van der Waals surface area (Å²) in [5, 5.41) is 4.76. The van der Waals surface area contributed by atoms with Crippen LogP contribution in [0.1, 0.15) is 47.2 Å². The van der Waals surface area contributed by atoms with Crippen molar-refractivity contribution in [1.82, 2.24) is 0 Å². The van der Waals surface area contributed by atoms with Crippen LogP contribution in [-0.4, -0.2) is 0 Å². The Morgan fingerprint density at radius 3 is 1.84 bits per heavy atom. The average Bonchev–Trinajstić information content (AvgIpc) is 4.03. The quantitative estimate of drug-likeness (QED) is 0.172. The summed E-state index contributed by atoms with van der Waals surface area (Å²) in [4.78, 5) is 2.54. The fraction of sp³-hybridized carbons (Fsp3) is 0.0690. The van der Waals surface area contributed by atoms with Crippen LogP contribution in [0.4, 0.5) is 17.1 Å². The SMILES string of the molecule is CC1(C)c2ccccc2-c2cccc(N(c3ccc4oc5ccccc5c4c3)c3cccc4sc5ccc(C6(c7ccccc7)c7ccccc7-c7ccccc76)cc5c34)c21. The fourth-order valence-corrected chi connectivity index (χ4v) is 12.3. The Balaban J connectivity index is 1.12. The summed E-state index contributed by atoms with van der Waals surface area (Å²) in [6.45, 7) is 4.78. The maximum Gasteiger partial charge on any atom is 0.135 e. The molecule has 0 saturated heterocycles. The van der Waals surface area contributed by atoms with E-state index in [0.29, 0.717) is 0 Å². The van der Waals surface area contributed by atoms with Gasteiger partial charge in [0.1, 0.15) is 11.2 Å². The van der Waals surface area contributed by atoms with E-state index in [1.807, 2.05) is 17.4 Å². The third kappa shape index (κ3) is 4.67. The van der Waals surface area contributed by atoms with Gasteiger partial charge in [0, 0.05) is 42.0 Å². The summed E-state index contributed by atoms with van der Waals surface area (Å²) >= 11 is 1.88. The largest absolute Gasteiger partial charge is 0.456 e. The summed E-state index contributed by atoms with van der Waals surface area (Å²) in [5.41, 5.74) is 17.6. The molecule has 0 amide bonds. The Morgan fingerprint density at radius 1 is 0.426 bits per heavy atom. The van der Waals surface area contributed by atoms with Crippen LogP contribution < -0.4 is 4.90 Å². The molecule has 61 heavy (non-hydrogen) atoms. The average molecular weight is 798 g/mol. The van der Waals surface area contributed by atoms with E-state index in [2.05, 4.69) is 213 Å². The number of nitrogens with zero attached hydrogens (tertiary/aromatic N) is 1. The maximum absolute atomic E-state index is 6.40. The Morgan fingerprint density at radius 2 is 1.05 bits per heavy atom. The summed E-state index contributed by atoms with van der Waals surface area (Å²) < 4.78 is 8.94. The third-order valence-corrected chi connectivity index (χ3v) is 14.9. The van der Waals surface area contributed by atoms with Gasteiger partial charge in [-0.3, -0.25) is 0 Å². The molecule has 13 rings (SSSR count). The summed E-state index contributed by atoms with van der Waals surface area (Å²) in [6, 6.07) is 74.3. The second-order valence-electron chi connectivity index (χ2n) is 17.2. The van der Waals surface area contributed by atoms with E-state index in [1.54, 1.807) is 0 Å². The van der Waals surface area contributed by atoms with Gasteiger partial charge >= 0.3 is 0 Å². The van der Waals surface area contributed by atoms with Crippen molar-refractivity contribution in [2.75, 3.05) is 4.90 Å². The number of fused-ring (bicyclic) bond motifs is 12. The van der Waals surface area contributed by atoms with E-state index < -0.39 is 5.41 Å². The highest BCUT2D eigenvalue weighted by Gasteiger charge is 2.46. The van der Waals surface area contributed by atoms with Crippen LogP contribution in [0.5, 0.6) is 0 Å². The number of hydrogen-bond donors (Lipinski definition) is 0. The Labute approximate surface area is 358 Å². The zero-order valence-electron chi connectivity index (χ0n) is 33.8. The molecule has 3 heteroatoms. The van der Waals surface area contributed by atoms with Crippen LogP contribution in [0.3, 0.4) is 0 Å². The molecular weight excluding hydrogens is 759 g/mol. The molecule has 0 saturated carbocycles. The Bertz CT molecular complexity index is 3540. The number of furan rings is 1. The van der Waals surface area contributed by atoms with E-state index in [4.69, 9.17) is 4.42 Å². The van der Waals surface area contributed by atoms with Gasteiger partial charge in [-0.15, -0.1) is 11.3 Å². The number of rotatable bonds is 5. The van der Waals surface area contributed by atoms with Gasteiger partial charge in [-0.25, -0.2) is 0 Å². The molecular formula is C58H39NOS. The number of benzene rings is 9. The minimum Gasteiger partial charge on any atom is -0.456 e. The predicted octanol–water partition coefficient (Wildman–Crippen LogP) is 16.1. The number of thiophene rings is 1. The number of hydrogen-bond acceptors (Lipinski definition) is 3. The van der Waals surface area contributed by atoms with Crippen molar-refractivity contribution in [1.29, 1.82) is 0 Å². The van der Waals surface area contributed by atoms with Crippen molar-refractivity contribution < 1.29 is 4.42 Å². The van der Waals surface area contributed by atoms with Gasteiger partial charge < -0.3 is 9.32 Å². The molecule has 0 radical (unpaired) electrons. The normalized spacial score (nSPS) is 14.3. The molecule has 0 spiro atoms. The third-order valence-electron chi connectivity index (χ3n) is 13.7. The molecule has 2 heterocycles. The molecule has 2 nitrogen and oxygen atoms in total. The molecule has 11 aromatic rings. The molecule has 2 aliphatic rings. The maximum atomic E-state index is 6.40. The highest BCUT2D eigenvalue weighted by Crippen LogP contribution is 2.58. The van der Waals surface area contributed by atoms with E-state index >= 15 is 0 Å². The first kappa shape index (κ1) is 34.6. The van der Waals surface area contributed by atoms with Crippen LogP contribution in [0.15, 0.2) is 205 Å². The molecule has 0 fully saturated rings. The van der Waals surface area contributed by atoms with Crippen molar-refractivity contribution in [3.63, 3.8) is 0 Å². The standard InChI is InChI=1S/C58H39NOS/c1-57(2)46-23-10-6-20-41(46)43-22-14-27-50(56(43)57)59(38-31-32-52-44(35-38)42-21-9-13-28-51(42)60-52)49-26-15-29-54-55(49)45-34-37(30-33-53(45)61-54)58(36-16-4-3-5-17-36)47-24-11-7-18-39(47)40-19-8-12-25-48(40)58/h3-35H,1-2H3. The van der Waals surface area contributed by atoms with Gasteiger partial charge in [0.25, 0.3) is 0 Å². The van der Waals surface area contributed by atoms with E-state index in [9.17, 15) is 0 Å². The number of anilines is 3. The van der Waals surface area contributed by atoms with Gasteiger partial charge in [-0.2, -0.15) is 0 Å². The molecule has 0 bridgehead atoms. The van der Waals surface area contributed by atoms with Crippen molar-refractivity contribution in [2.24, 2.45) is 0 Å². The zero-order valence-corrected chi connectivity index (χ0v) is 34.6. The van der Waals surface area contributed by atoms with Crippen LogP contribution in [0.25, 0.3) is 64.4 Å². The van der Waals surface area contributed by atoms with Crippen molar-refractivity contribution in [2.45, 2.75) is 24.7 Å². The molecule has 0 aliphatic heterocycles.